The van der Waals surface area contributed by atoms with E-state index in [1.54, 1.807) is 24.1 Å². The third kappa shape index (κ3) is 2.66. The second-order valence-electron chi connectivity index (χ2n) is 3.54. The van der Waals surface area contributed by atoms with Crippen molar-refractivity contribution >= 4 is 5.91 Å². The van der Waals surface area contributed by atoms with Gasteiger partial charge in [0.2, 0.25) is 0 Å². The number of amides is 1. The van der Waals surface area contributed by atoms with Gasteiger partial charge in [0, 0.05) is 31.5 Å². The van der Waals surface area contributed by atoms with Crippen LogP contribution in [0.25, 0.3) is 0 Å². The van der Waals surface area contributed by atoms with Crippen molar-refractivity contribution in [3.8, 4) is 0 Å². The summed E-state index contributed by atoms with van der Waals surface area (Å²) in [6, 6.07) is 2.64. The van der Waals surface area contributed by atoms with Crippen molar-refractivity contribution in [1.29, 1.82) is 0 Å². The number of carbonyl (C=O) groups excluding carboxylic acids is 1. The van der Waals surface area contributed by atoms with Gasteiger partial charge in [-0.1, -0.05) is 0 Å². The lowest BCUT2D eigenvalue weighted by Crippen LogP contribution is -2.24. The molecule has 0 unspecified atom stereocenters. The molecule has 2 rings (SSSR count). The van der Waals surface area contributed by atoms with Gasteiger partial charge in [-0.25, -0.2) is 9.37 Å². The zero-order valence-electron chi connectivity index (χ0n) is 9.22. The predicted octanol–water partition coefficient (Wildman–Crippen LogP) is 0.884. The average molecular weight is 234 g/mol. The third-order valence-electron chi connectivity index (χ3n) is 2.18. The van der Waals surface area contributed by atoms with E-state index in [1.807, 2.05) is 0 Å². The second kappa shape index (κ2) is 4.73. The van der Waals surface area contributed by atoms with Crippen LogP contribution in [-0.2, 0) is 13.6 Å². The zero-order valence-corrected chi connectivity index (χ0v) is 9.22. The van der Waals surface area contributed by atoms with Crippen LogP contribution in [0.4, 0.5) is 4.39 Å². The van der Waals surface area contributed by atoms with Gasteiger partial charge < -0.3 is 5.32 Å². The van der Waals surface area contributed by atoms with Gasteiger partial charge in [0.15, 0.2) is 11.5 Å². The Morgan fingerprint density at radius 3 is 3.06 bits per heavy atom. The number of hydrogen-bond acceptors (Lipinski definition) is 3. The molecule has 0 aliphatic carbocycles. The second-order valence-corrected chi connectivity index (χ2v) is 3.54. The van der Waals surface area contributed by atoms with E-state index < -0.39 is 11.7 Å². The number of pyridine rings is 1. The first-order valence-corrected chi connectivity index (χ1v) is 5.03. The number of aryl methyl sites for hydroxylation is 1. The first-order valence-electron chi connectivity index (χ1n) is 5.03. The number of carbonyl (C=O) groups is 1. The summed E-state index contributed by atoms with van der Waals surface area (Å²) in [4.78, 5) is 15.3. The molecule has 0 radical (unpaired) electrons. The van der Waals surface area contributed by atoms with Crippen LogP contribution < -0.4 is 5.32 Å². The monoisotopic (exact) mass is 234 g/mol. The Balaban J connectivity index is 2.01. The number of nitrogens with one attached hydrogen (secondary N) is 1. The number of halogens is 1. The molecule has 0 saturated carbocycles. The fourth-order valence-corrected chi connectivity index (χ4v) is 1.38. The molecule has 2 heterocycles. The van der Waals surface area contributed by atoms with Crippen molar-refractivity contribution < 1.29 is 9.18 Å². The quantitative estimate of drug-likeness (QED) is 0.857. The Kier molecular flexibility index (Phi) is 3.13. The molecule has 0 saturated heterocycles. The van der Waals surface area contributed by atoms with Gasteiger partial charge in [-0.3, -0.25) is 9.48 Å². The number of aromatic nitrogens is 3. The van der Waals surface area contributed by atoms with Gasteiger partial charge in [0.1, 0.15) is 0 Å². The number of rotatable bonds is 3. The maximum Gasteiger partial charge on any atom is 0.273 e. The van der Waals surface area contributed by atoms with Gasteiger partial charge in [-0.2, -0.15) is 5.10 Å². The number of hydrogen-bond donors (Lipinski definition) is 1. The highest BCUT2D eigenvalue weighted by atomic mass is 19.1. The lowest BCUT2D eigenvalue weighted by Gasteiger charge is -2.03. The molecule has 0 aromatic carbocycles. The average Bonchev–Trinajstić information content (AvgIpc) is 2.73. The van der Waals surface area contributed by atoms with Crippen molar-refractivity contribution in [2.24, 2.45) is 7.05 Å². The Labute approximate surface area is 97.3 Å². The molecular formula is C11H11FN4O. The fraction of sp³-hybridized carbons (Fsp3) is 0.182. The van der Waals surface area contributed by atoms with E-state index in [9.17, 15) is 9.18 Å². The third-order valence-corrected chi connectivity index (χ3v) is 2.18. The highest BCUT2D eigenvalue weighted by Crippen LogP contribution is 2.03. The maximum absolute atomic E-state index is 13.2. The first kappa shape index (κ1) is 11.3. The normalized spacial score (nSPS) is 10.2. The van der Waals surface area contributed by atoms with Crippen LogP contribution >= 0.6 is 0 Å². The summed E-state index contributed by atoms with van der Waals surface area (Å²) in [6.07, 6.45) is 4.78. The van der Waals surface area contributed by atoms with Crippen LogP contribution in [0.3, 0.4) is 0 Å². The van der Waals surface area contributed by atoms with Gasteiger partial charge in [0.25, 0.3) is 5.91 Å². The van der Waals surface area contributed by atoms with Crippen molar-refractivity contribution in [2.75, 3.05) is 0 Å². The fourth-order valence-electron chi connectivity index (χ4n) is 1.38. The Bertz CT molecular complexity index is 538. The lowest BCUT2D eigenvalue weighted by atomic mass is 10.3. The summed E-state index contributed by atoms with van der Waals surface area (Å²) in [5.74, 6) is -1.16. The highest BCUT2D eigenvalue weighted by molar-refractivity contribution is 5.92. The van der Waals surface area contributed by atoms with E-state index in [0.29, 0.717) is 6.54 Å². The summed E-state index contributed by atoms with van der Waals surface area (Å²) in [5.41, 5.74) is 0.647. The van der Waals surface area contributed by atoms with Crippen LogP contribution in [0.2, 0.25) is 0 Å². The van der Waals surface area contributed by atoms with Gasteiger partial charge in [-0.05, 0) is 12.1 Å². The van der Waals surface area contributed by atoms with Gasteiger partial charge in [0.05, 0.1) is 6.20 Å². The minimum atomic E-state index is -0.629. The van der Waals surface area contributed by atoms with Crippen molar-refractivity contribution in [3.05, 3.63) is 47.8 Å². The van der Waals surface area contributed by atoms with Gasteiger partial charge in [-0.15, -0.1) is 0 Å². The Morgan fingerprint density at radius 2 is 2.41 bits per heavy atom. The van der Waals surface area contributed by atoms with Crippen LogP contribution in [-0.4, -0.2) is 20.7 Å². The Hall–Kier alpha value is -2.24. The molecule has 88 valence electrons. The summed E-state index contributed by atoms with van der Waals surface area (Å²) in [5, 5.41) is 6.54. The standard InChI is InChI=1S/C11H11FN4O/c1-16-7-8(6-15-16)5-14-11(17)10-9(12)3-2-4-13-10/h2-4,6-7H,5H2,1H3,(H,14,17). The molecule has 5 nitrogen and oxygen atoms in total. The van der Waals surface area contributed by atoms with Crippen LogP contribution in [0.15, 0.2) is 30.7 Å². The zero-order chi connectivity index (χ0) is 12.3. The molecule has 2 aromatic heterocycles. The van der Waals surface area contributed by atoms with E-state index in [1.165, 1.54) is 18.3 Å². The van der Waals surface area contributed by atoms with Crippen molar-refractivity contribution in [2.45, 2.75) is 6.54 Å². The number of nitrogens with zero attached hydrogens (tertiary/aromatic N) is 3. The molecule has 6 heteroatoms. The topological polar surface area (TPSA) is 59.8 Å². The van der Waals surface area contributed by atoms with E-state index in [2.05, 4.69) is 15.4 Å². The SMILES string of the molecule is Cn1cc(CNC(=O)c2ncccc2F)cn1. The van der Waals surface area contributed by atoms with Gasteiger partial charge >= 0.3 is 0 Å². The van der Waals surface area contributed by atoms with Crippen LogP contribution in [0.1, 0.15) is 16.1 Å². The van der Waals surface area contributed by atoms with Crippen molar-refractivity contribution in [3.63, 3.8) is 0 Å². The molecule has 0 aliphatic heterocycles. The summed E-state index contributed by atoms with van der Waals surface area (Å²) >= 11 is 0. The van der Waals surface area contributed by atoms with Crippen LogP contribution in [0, 0.1) is 5.82 Å². The van der Waals surface area contributed by atoms with E-state index in [-0.39, 0.29) is 5.69 Å². The molecule has 0 aliphatic rings. The summed E-state index contributed by atoms with van der Waals surface area (Å²) in [7, 11) is 1.78. The molecule has 0 bridgehead atoms. The lowest BCUT2D eigenvalue weighted by molar-refractivity contribution is 0.0941. The van der Waals surface area contributed by atoms with Crippen LogP contribution in [0.5, 0.6) is 0 Å². The molecule has 2 aromatic rings. The molecule has 1 amide bonds. The van der Waals surface area contributed by atoms with E-state index >= 15 is 0 Å². The molecule has 1 N–H and O–H groups in total. The summed E-state index contributed by atoms with van der Waals surface area (Å²) in [6.45, 7) is 0.294. The largest absolute Gasteiger partial charge is 0.346 e. The van der Waals surface area contributed by atoms with E-state index in [0.717, 1.165) is 5.56 Å². The van der Waals surface area contributed by atoms with Crippen molar-refractivity contribution in [1.82, 2.24) is 20.1 Å². The van der Waals surface area contributed by atoms with E-state index in [4.69, 9.17) is 0 Å². The molecular weight excluding hydrogens is 223 g/mol. The highest BCUT2D eigenvalue weighted by Gasteiger charge is 2.12. The molecule has 0 fully saturated rings. The minimum absolute atomic E-state index is 0.198. The molecule has 0 spiro atoms. The first-order chi connectivity index (χ1) is 8.16. The maximum atomic E-state index is 13.2. The summed E-state index contributed by atoms with van der Waals surface area (Å²) < 4.78 is 14.9. The molecule has 17 heavy (non-hydrogen) atoms. The smallest absolute Gasteiger partial charge is 0.273 e. The minimum Gasteiger partial charge on any atom is -0.346 e. The molecule has 0 atom stereocenters. The Morgan fingerprint density at radius 1 is 1.59 bits per heavy atom. The predicted molar refractivity (Wildman–Crippen MR) is 58.6 cm³/mol.